The molecule has 0 atom stereocenters. The summed E-state index contributed by atoms with van der Waals surface area (Å²) < 4.78 is 0. The monoisotopic (exact) mass is 150 g/mol. The number of rotatable bonds is 2. The summed E-state index contributed by atoms with van der Waals surface area (Å²) in [6, 6.07) is 0. The van der Waals surface area contributed by atoms with E-state index in [-0.39, 0.29) is 9.52 Å². The molecular weight excluding hydrogens is 136 g/mol. The first-order chi connectivity index (χ1) is 4.83. The van der Waals surface area contributed by atoms with Gasteiger partial charge in [-0.2, -0.15) is 0 Å². The molecule has 0 spiro atoms. The Labute approximate surface area is 65.2 Å². The summed E-state index contributed by atoms with van der Waals surface area (Å²) in [5.74, 6) is 0. The lowest BCUT2D eigenvalue weighted by atomic mass is 10.5. The largest absolute Gasteiger partial charge is 0.0941 e. The molecule has 0 nitrogen and oxygen atoms in total. The lowest BCUT2D eigenvalue weighted by molar-refractivity contribution is 1.37. The molecule has 0 unspecified atom stereocenters. The second-order valence-electron chi connectivity index (χ2n) is 2.77. The zero-order chi connectivity index (χ0) is 7.40. The summed E-state index contributed by atoms with van der Waals surface area (Å²) in [5.41, 5.74) is 0.802. The smallest absolute Gasteiger partial charge is 0.0604 e. The average Bonchev–Trinajstić information content (AvgIpc) is 2.40. The van der Waals surface area contributed by atoms with Gasteiger partial charge in [0, 0.05) is 0 Å². The van der Waals surface area contributed by atoms with Gasteiger partial charge in [-0.1, -0.05) is 35.6 Å². The quantitative estimate of drug-likeness (QED) is 0.528. The van der Waals surface area contributed by atoms with Crippen molar-refractivity contribution in [2.24, 2.45) is 0 Å². The summed E-state index contributed by atoms with van der Waals surface area (Å²) in [7, 11) is -0.000386. The minimum Gasteiger partial charge on any atom is -0.0941 e. The van der Waals surface area contributed by atoms with Gasteiger partial charge in [0.25, 0.3) is 0 Å². The molecule has 10 heavy (non-hydrogen) atoms. The topological polar surface area (TPSA) is 0 Å². The van der Waals surface area contributed by atoms with E-state index in [1.165, 1.54) is 0 Å². The van der Waals surface area contributed by atoms with Crippen molar-refractivity contribution in [1.29, 1.82) is 0 Å². The zero-order valence-electron chi connectivity index (χ0n) is 6.67. The van der Waals surface area contributed by atoms with E-state index in [9.17, 15) is 0 Å². The Morgan fingerprint density at radius 3 is 2.50 bits per heavy atom. The normalized spacial score (nSPS) is 20.0. The highest BCUT2D eigenvalue weighted by Gasteiger charge is 2.03. The van der Waals surface area contributed by atoms with Gasteiger partial charge >= 0.3 is 0 Å². The maximum absolute atomic E-state index is 2.30. The second kappa shape index (κ2) is 3.57. The lowest BCUT2D eigenvalue weighted by Gasteiger charge is -2.02. The van der Waals surface area contributed by atoms with Crippen molar-refractivity contribution >= 4 is 9.52 Å². The Hall–Kier alpha value is -0.563. The van der Waals surface area contributed by atoms with E-state index in [4.69, 9.17) is 0 Å². The first-order valence-corrected chi connectivity index (χ1v) is 5.32. The molecule has 0 N–H and O–H groups in total. The van der Waals surface area contributed by atoms with Crippen molar-refractivity contribution in [3.63, 3.8) is 0 Å². The van der Waals surface area contributed by atoms with E-state index in [0.29, 0.717) is 0 Å². The highest BCUT2D eigenvalue weighted by Crippen LogP contribution is 2.16. The van der Waals surface area contributed by atoms with Crippen LogP contribution >= 0.6 is 0 Å². The van der Waals surface area contributed by atoms with Crippen LogP contribution in [0.4, 0.5) is 0 Å². The first kappa shape index (κ1) is 7.54. The molecule has 0 radical (unpaired) electrons. The molecule has 0 aromatic heterocycles. The molecule has 0 saturated heterocycles. The molecule has 0 bridgehead atoms. The van der Waals surface area contributed by atoms with Gasteiger partial charge < -0.3 is 0 Å². The summed E-state index contributed by atoms with van der Waals surface area (Å²) in [6.45, 7) is 4.37. The third-order valence-electron chi connectivity index (χ3n) is 1.88. The fourth-order valence-corrected chi connectivity index (χ4v) is 2.67. The van der Waals surface area contributed by atoms with Gasteiger partial charge in [0.1, 0.15) is 0 Å². The van der Waals surface area contributed by atoms with Crippen molar-refractivity contribution < 1.29 is 0 Å². The minimum atomic E-state index is -0.000386. The fourth-order valence-electron chi connectivity index (χ4n) is 1.10. The van der Waals surface area contributed by atoms with E-state index >= 15 is 0 Å². The van der Waals surface area contributed by atoms with Crippen LogP contribution in [0.1, 0.15) is 13.8 Å². The van der Waals surface area contributed by atoms with E-state index in [2.05, 4.69) is 44.2 Å². The maximum Gasteiger partial charge on any atom is 0.0604 e. The van der Waals surface area contributed by atoms with Crippen molar-refractivity contribution in [1.82, 2.24) is 0 Å². The summed E-state index contributed by atoms with van der Waals surface area (Å²) >= 11 is 0. The molecule has 1 rings (SSSR count). The Morgan fingerprint density at radius 2 is 2.00 bits per heavy atom. The highest BCUT2D eigenvalue weighted by molar-refractivity contribution is 6.48. The van der Waals surface area contributed by atoms with Gasteiger partial charge in [0.05, 0.1) is 9.52 Å². The molecule has 0 fully saturated rings. The second-order valence-corrected chi connectivity index (χ2v) is 5.24. The van der Waals surface area contributed by atoms with Crippen LogP contribution in [-0.2, 0) is 0 Å². The highest BCUT2D eigenvalue weighted by atomic mass is 28.2. The van der Waals surface area contributed by atoms with Crippen molar-refractivity contribution in [2.75, 3.05) is 0 Å². The van der Waals surface area contributed by atoms with Gasteiger partial charge in [0.15, 0.2) is 0 Å². The van der Waals surface area contributed by atoms with Crippen LogP contribution in [0.5, 0.6) is 0 Å². The number of allylic oxidation sites excluding steroid dienone is 6. The van der Waals surface area contributed by atoms with Crippen molar-refractivity contribution in [3.05, 3.63) is 35.6 Å². The summed E-state index contributed by atoms with van der Waals surface area (Å²) in [4.78, 5) is 0. The predicted molar refractivity (Wildman–Crippen MR) is 50.0 cm³/mol. The minimum absolute atomic E-state index is 0.000386. The van der Waals surface area contributed by atoms with E-state index < -0.39 is 0 Å². The molecule has 0 aromatic carbocycles. The van der Waals surface area contributed by atoms with Gasteiger partial charge in [-0.3, -0.25) is 0 Å². The molecule has 0 amide bonds. The van der Waals surface area contributed by atoms with Gasteiger partial charge in [-0.15, -0.1) is 0 Å². The third kappa shape index (κ3) is 1.99. The van der Waals surface area contributed by atoms with Crippen LogP contribution in [0.3, 0.4) is 0 Å². The Kier molecular flexibility index (Phi) is 2.69. The van der Waals surface area contributed by atoms with Crippen LogP contribution in [-0.4, -0.2) is 9.52 Å². The van der Waals surface area contributed by atoms with Gasteiger partial charge in [0.2, 0.25) is 0 Å². The molecule has 54 valence electrons. The first-order valence-electron chi connectivity index (χ1n) is 3.79. The van der Waals surface area contributed by atoms with Crippen LogP contribution in [0.2, 0.25) is 5.54 Å². The Bertz CT molecular complexity index is 175. The zero-order valence-corrected chi connectivity index (χ0v) is 8.09. The van der Waals surface area contributed by atoms with E-state index in [1.807, 2.05) is 0 Å². The molecular formula is C9H14Si. The fraction of sp³-hybridized carbons (Fsp3) is 0.333. The van der Waals surface area contributed by atoms with E-state index in [0.717, 1.165) is 5.54 Å². The summed E-state index contributed by atoms with van der Waals surface area (Å²) in [5, 5.41) is 1.61. The summed E-state index contributed by atoms with van der Waals surface area (Å²) in [6.07, 6.45) is 11.2. The Morgan fingerprint density at radius 1 is 1.40 bits per heavy atom. The van der Waals surface area contributed by atoms with Crippen LogP contribution in [0.25, 0.3) is 0 Å². The van der Waals surface area contributed by atoms with Crippen LogP contribution in [0.15, 0.2) is 35.6 Å². The average molecular weight is 150 g/mol. The SMILES string of the molecule is CC=C(C)[SiH2]C1C=CC=C1. The molecule has 0 saturated carbocycles. The van der Waals surface area contributed by atoms with Crippen molar-refractivity contribution in [3.8, 4) is 0 Å². The molecule has 1 heteroatoms. The standard InChI is InChI=1S/C9H14Si/c1-3-8(2)10-9-6-4-5-7-9/h3-7,9H,10H2,1-2H3. The molecule has 0 aliphatic heterocycles. The van der Waals surface area contributed by atoms with Gasteiger partial charge in [-0.25, -0.2) is 0 Å². The lowest BCUT2D eigenvalue weighted by Crippen LogP contribution is -1.97. The number of hydrogen-bond donors (Lipinski definition) is 0. The third-order valence-corrected chi connectivity index (χ3v) is 3.95. The van der Waals surface area contributed by atoms with Crippen LogP contribution in [0, 0.1) is 0 Å². The van der Waals surface area contributed by atoms with Crippen molar-refractivity contribution in [2.45, 2.75) is 19.4 Å². The Balaban J connectivity index is 2.39. The molecule has 1 aliphatic carbocycles. The molecule has 1 aliphatic rings. The van der Waals surface area contributed by atoms with Crippen LogP contribution < -0.4 is 0 Å². The van der Waals surface area contributed by atoms with E-state index in [1.54, 1.807) is 5.20 Å². The molecule has 0 heterocycles. The van der Waals surface area contributed by atoms with Gasteiger partial charge in [-0.05, 0) is 19.4 Å². The maximum atomic E-state index is 2.30. The number of hydrogen-bond acceptors (Lipinski definition) is 0. The molecule has 0 aromatic rings. The predicted octanol–water partition coefficient (Wildman–Crippen LogP) is 1.99.